The SMILES string of the molecule is CC(C)C(=O)Nc1c(-c2ccccc2)nnc2ccccc12. The van der Waals surface area contributed by atoms with Gasteiger partial charge in [-0.3, -0.25) is 4.79 Å². The predicted octanol–water partition coefficient (Wildman–Crippen LogP) is 3.89. The summed E-state index contributed by atoms with van der Waals surface area (Å²) in [7, 11) is 0. The summed E-state index contributed by atoms with van der Waals surface area (Å²) in [5.74, 6) is -0.133. The van der Waals surface area contributed by atoms with Gasteiger partial charge in [0.2, 0.25) is 5.91 Å². The van der Waals surface area contributed by atoms with Crippen LogP contribution in [0.2, 0.25) is 0 Å². The summed E-state index contributed by atoms with van der Waals surface area (Å²) in [6.07, 6.45) is 0. The number of anilines is 1. The van der Waals surface area contributed by atoms with Gasteiger partial charge in [-0.1, -0.05) is 62.4 Å². The molecule has 2 aromatic carbocycles. The summed E-state index contributed by atoms with van der Waals surface area (Å²) >= 11 is 0. The monoisotopic (exact) mass is 291 g/mol. The Kier molecular flexibility index (Phi) is 3.83. The average molecular weight is 291 g/mol. The number of aromatic nitrogens is 2. The molecule has 0 aliphatic carbocycles. The van der Waals surface area contributed by atoms with Crippen molar-refractivity contribution >= 4 is 22.5 Å². The van der Waals surface area contributed by atoms with E-state index in [0.717, 1.165) is 22.2 Å². The maximum absolute atomic E-state index is 12.2. The van der Waals surface area contributed by atoms with E-state index in [1.807, 2.05) is 68.4 Å². The van der Waals surface area contributed by atoms with E-state index in [1.165, 1.54) is 0 Å². The highest BCUT2D eigenvalue weighted by molar-refractivity contribution is 6.05. The van der Waals surface area contributed by atoms with E-state index in [-0.39, 0.29) is 11.8 Å². The van der Waals surface area contributed by atoms with Gasteiger partial charge in [-0.15, -0.1) is 10.2 Å². The largest absolute Gasteiger partial charge is 0.323 e. The van der Waals surface area contributed by atoms with Gasteiger partial charge in [0.15, 0.2) is 0 Å². The first-order chi connectivity index (χ1) is 10.7. The molecule has 0 saturated heterocycles. The molecular weight excluding hydrogens is 274 g/mol. The molecule has 3 aromatic rings. The fourth-order valence-corrected chi connectivity index (χ4v) is 2.25. The molecule has 0 aliphatic heterocycles. The smallest absolute Gasteiger partial charge is 0.227 e. The van der Waals surface area contributed by atoms with Gasteiger partial charge < -0.3 is 5.32 Å². The number of nitrogens with one attached hydrogen (secondary N) is 1. The van der Waals surface area contributed by atoms with Crippen LogP contribution in [0.15, 0.2) is 54.6 Å². The van der Waals surface area contributed by atoms with Crippen molar-refractivity contribution in [1.29, 1.82) is 0 Å². The summed E-state index contributed by atoms with van der Waals surface area (Å²) < 4.78 is 0. The van der Waals surface area contributed by atoms with Crippen molar-refractivity contribution in [3.63, 3.8) is 0 Å². The number of hydrogen-bond donors (Lipinski definition) is 1. The van der Waals surface area contributed by atoms with Crippen LogP contribution >= 0.6 is 0 Å². The summed E-state index contributed by atoms with van der Waals surface area (Å²) in [5.41, 5.74) is 3.10. The van der Waals surface area contributed by atoms with Crippen LogP contribution in [0, 0.1) is 5.92 Å². The second kappa shape index (κ2) is 5.93. The number of hydrogen-bond acceptors (Lipinski definition) is 3. The third-order valence-corrected chi connectivity index (χ3v) is 3.49. The van der Waals surface area contributed by atoms with Crippen LogP contribution in [0.5, 0.6) is 0 Å². The number of nitrogens with zero attached hydrogens (tertiary/aromatic N) is 2. The molecule has 22 heavy (non-hydrogen) atoms. The van der Waals surface area contributed by atoms with Crippen molar-refractivity contribution in [1.82, 2.24) is 10.2 Å². The molecule has 0 spiro atoms. The Bertz CT molecular complexity index is 813. The van der Waals surface area contributed by atoms with Crippen molar-refractivity contribution in [2.45, 2.75) is 13.8 Å². The number of benzene rings is 2. The van der Waals surface area contributed by atoms with Crippen LogP contribution in [0.25, 0.3) is 22.2 Å². The quantitative estimate of drug-likeness (QED) is 0.796. The van der Waals surface area contributed by atoms with Gasteiger partial charge >= 0.3 is 0 Å². The number of rotatable bonds is 3. The van der Waals surface area contributed by atoms with Crippen LogP contribution in [0.4, 0.5) is 5.69 Å². The van der Waals surface area contributed by atoms with Gasteiger partial charge in [0.1, 0.15) is 5.69 Å². The third-order valence-electron chi connectivity index (χ3n) is 3.49. The number of fused-ring (bicyclic) bond motifs is 1. The minimum Gasteiger partial charge on any atom is -0.323 e. The molecule has 1 amide bonds. The van der Waals surface area contributed by atoms with Crippen molar-refractivity contribution in [2.24, 2.45) is 5.92 Å². The van der Waals surface area contributed by atoms with Gasteiger partial charge in [-0.05, 0) is 6.07 Å². The molecule has 0 radical (unpaired) electrons. The highest BCUT2D eigenvalue weighted by Gasteiger charge is 2.16. The fraction of sp³-hybridized carbons (Fsp3) is 0.167. The van der Waals surface area contributed by atoms with Crippen molar-refractivity contribution in [3.8, 4) is 11.3 Å². The number of carbonyl (C=O) groups is 1. The lowest BCUT2D eigenvalue weighted by Crippen LogP contribution is -2.19. The first-order valence-electron chi connectivity index (χ1n) is 7.28. The molecule has 110 valence electrons. The lowest BCUT2D eigenvalue weighted by molar-refractivity contribution is -0.118. The highest BCUT2D eigenvalue weighted by atomic mass is 16.1. The zero-order chi connectivity index (χ0) is 15.5. The molecule has 4 nitrogen and oxygen atoms in total. The summed E-state index contributed by atoms with van der Waals surface area (Å²) in [6, 6.07) is 17.4. The maximum atomic E-state index is 12.2. The Balaban J connectivity index is 2.21. The Labute approximate surface area is 129 Å². The van der Waals surface area contributed by atoms with Crippen molar-refractivity contribution < 1.29 is 4.79 Å². The molecule has 1 heterocycles. The maximum Gasteiger partial charge on any atom is 0.227 e. The molecule has 3 rings (SSSR count). The van der Waals surface area contributed by atoms with Crippen LogP contribution in [0.1, 0.15) is 13.8 Å². The average Bonchev–Trinajstić information content (AvgIpc) is 2.55. The summed E-state index contributed by atoms with van der Waals surface area (Å²) in [6.45, 7) is 3.74. The Morgan fingerprint density at radius 1 is 0.955 bits per heavy atom. The Hall–Kier alpha value is -2.75. The Morgan fingerprint density at radius 3 is 2.36 bits per heavy atom. The topological polar surface area (TPSA) is 54.9 Å². The van der Waals surface area contributed by atoms with Gasteiger partial charge in [-0.25, -0.2) is 0 Å². The molecule has 0 aliphatic rings. The first-order valence-corrected chi connectivity index (χ1v) is 7.28. The third kappa shape index (κ3) is 2.68. The van der Waals surface area contributed by atoms with Gasteiger partial charge in [0.25, 0.3) is 0 Å². The van der Waals surface area contributed by atoms with E-state index in [1.54, 1.807) is 0 Å². The molecule has 0 unspecified atom stereocenters. The van der Waals surface area contributed by atoms with E-state index in [2.05, 4.69) is 15.5 Å². The zero-order valence-electron chi connectivity index (χ0n) is 12.6. The summed E-state index contributed by atoms with van der Waals surface area (Å²) in [4.78, 5) is 12.2. The molecule has 0 atom stereocenters. The molecule has 4 heteroatoms. The fourth-order valence-electron chi connectivity index (χ4n) is 2.25. The zero-order valence-corrected chi connectivity index (χ0v) is 12.6. The van der Waals surface area contributed by atoms with E-state index >= 15 is 0 Å². The Morgan fingerprint density at radius 2 is 1.64 bits per heavy atom. The van der Waals surface area contributed by atoms with Crippen LogP contribution in [-0.2, 0) is 4.79 Å². The number of carbonyl (C=O) groups excluding carboxylic acids is 1. The van der Waals surface area contributed by atoms with Crippen LogP contribution in [0.3, 0.4) is 0 Å². The minimum atomic E-state index is -0.101. The summed E-state index contributed by atoms with van der Waals surface area (Å²) in [5, 5.41) is 12.5. The molecule has 1 N–H and O–H groups in total. The molecule has 0 bridgehead atoms. The predicted molar refractivity (Wildman–Crippen MR) is 88.4 cm³/mol. The highest BCUT2D eigenvalue weighted by Crippen LogP contribution is 2.31. The second-order valence-electron chi connectivity index (χ2n) is 5.45. The standard InChI is InChI=1S/C18H17N3O/c1-12(2)18(22)19-17-14-10-6-7-11-15(14)20-21-16(17)13-8-4-3-5-9-13/h3-12H,1-2H3,(H,19,20,22). The second-order valence-corrected chi connectivity index (χ2v) is 5.45. The van der Waals surface area contributed by atoms with Gasteiger partial charge in [0, 0.05) is 16.9 Å². The normalized spacial score (nSPS) is 10.9. The molecule has 1 aromatic heterocycles. The van der Waals surface area contributed by atoms with Crippen molar-refractivity contribution in [3.05, 3.63) is 54.6 Å². The van der Waals surface area contributed by atoms with E-state index in [9.17, 15) is 4.79 Å². The van der Waals surface area contributed by atoms with Gasteiger partial charge in [-0.2, -0.15) is 0 Å². The molecule has 0 fully saturated rings. The molecular formula is C18H17N3O. The van der Waals surface area contributed by atoms with Gasteiger partial charge in [0.05, 0.1) is 11.2 Å². The van der Waals surface area contributed by atoms with E-state index in [0.29, 0.717) is 5.69 Å². The lowest BCUT2D eigenvalue weighted by Gasteiger charge is -2.14. The minimum absolute atomic E-state index is 0.0321. The van der Waals surface area contributed by atoms with Crippen LogP contribution in [-0.4, -0.2) is 16.1 Å². The van der Waals surface area contributed by atoms with Crippen LogP contribution < -0.4 is 5.32 Å². The molecule has 0 saturated carbocycles. The van der Waals surface area contributed by atoms with Crippen molar-refractivity contribution in [2.75, 3.05) is 5.32 Å². The lowest BCUT2D eigenvalue weighted by atomic mass is 10.1. The number of amides is 1. The first kappa shape index (κ1) is 14.2. The van der Waals surface area contributed by atoms with E-state index < -0.39 is 0 Å². The van der Waals surface area contributed by atoms with E-state index in [4.69, 9.17) is 0 Å².